The predicted molar refractivity (Wildman–Crippen MR) is 105 cm³/mol. The molecular weight excluding hydrogens is 368 g/mol. The minimum absolute atomic E-state index is 0.00425. The minimum Gasteiger partial charge on any atom is -0.494 e. The number of carbonyl (C=O) groups excluding carboxylic acids is 2. The third kappa shape index (κ3) is 6.40. The Morgan fingerprint density at radius 2 is 2.11 bits per heavy atom. The number of rotatable bonds is 2. The lowest BCUT2D eigenvalue weighted by Crippen LogP contribution is -2.53. The number of benzene rings is 1. The number of ether oxygens (including phenoxy) is 1. The highest BCUT2D eigenvalue weighted by Gasteiger charge is 2.27. The lowest BCUT2D eigenvalue weighted by atomic mass is 10.0. The van der Waals surface area contributed by atoms with Crippen LogP contribution in [0.15, 0.2) is 24.3 Å². The van der Waals surface area contributed by atoms with E-state index >= 15 is 0 Å². The van der Waals surface area contributed by atoms with E-state index in [-0.39, 0.29) is 17.7 Å². The molecule has 2 amide bonds. The largest absolute Gasteiger partial charge is 0.494 e. The van der Waals surface area contributed by atoms with Gasteiger partial charge in [-0.25, -0.2) is 0 Å². The summed E-state index contributed by atoms with van der Waals surface area (Å²) in [5.74, 6) is 0.392. The van der Waals surface area contributed by atoms with Crippen LogP contribution in [0.4, 0.5) is 0 Å². The van der Waals surface area contributed by atoms with Gasteiger partial charge in [-0.2, -0.15) is 0 Å². The average molecular weight is 397 g/mol. The molecule has 7 heteroatoms. The Morgan fingerprint density at radius 3 is 2.85 bits per heavy atom. The molecule has 0 aromatic heterocycles. The van der Waals surface area contributed by atoms with E-state index in [0.29, 0.717) is 19.4 Å². The Bertz CT molecular complexity index is 640. The normalized spacial score (nSPS) is 24.1. The number of nitrogens with zero attached hydrogens (tertiary/aromatic N) is 1. The topological polar surface area (TPSA) is 78.9 Å². The molecule has 27 heavy (non-hydrogen) atoms. The van der Waals surface area contributed by atoms with E-state index in [9.17, 15) is 14.7 Å². The summed E-state index contributed by atoms with van der Waals surface area (Å²) in [6.45, 7) is 2.28. The number of alkyl halides is 1. The number of likely N-dealkylation sites (N-methyl/N-ethyl adjacent to an activating group) is 1. The van der Waals surface area contributed by atoms with Crippen LogP contribution in [0.1, 0.15) is 38.2 Å². The van der Waals surface area contributed by atoms with E-state index in [1.807, 2.05) is 24.3 Å². The van der Waals surface area contributed by atoms with Crippen LogP contribution in [0, 0.1) is 0 Å². The molecule has 0 fully saturated rings. The van der Waals surface area contributed by atoms with Gasteiger partial charge in [0.15, 0.2) is 0 Å². The van der Waals surface area contributed by atoms with Gasteiger partial charge < -0.3 is 20.1 Å². The molecule has 0 saturated carbocycles. The lowest BCUT2D eigenvalue weighted by Gasteiger charge is -2.29. The van der Waals surface area contributed by atoms with Gasteiger partial charge in [0.1, 0.15) is 11.8 Å². The van der Waals surface area contributed by atoms with E-state index in [1.165, 1.54) is 4.90 Å². The SMILES string of the molecule is C[C@H]1C(=O)N[C@H]([C@H](O)CCl)Cc2cccc(c2)OCCCCCC(=O)N1C. The highest BCUT2D eigenvalue weighted by molar-refractivity contribution is 6.18. The van der Waals surface area contributed by atoms with Crippen LogP contribution in [-0.4, -0.2) is 59.5 Å². The van der Waals surface area contributed by atoms with Crippen molar-refractivity contribution in [1.82, 2.24) is 10.2 Å². The van der Waals surface area contributed by atoms with E-state index in [2.05, 4.69) is 5.32 Å². The summed E-state index contributed by atoms with van der Waals surface area (Å²) in [6, 6.07) is 6.46. The standard InChI is InChI=1S/C20H29ClN2O4/c1-14-20(26)22-17(18(24)13-21)12-15-7-6-8-16(11-15)27-10-5-3-4-9-19(25)23(14)2/h6-8,11,14,17-18,24H,3-5,9-10,12-13H2,1-2H3,(H,22,26)/t14-,17-,18+/m0/s1. The van der Waals surface area contributed by atoms with Gasteiger partial charge in [-0.1, -0.05) is 12.1 Å². The molecule has 1 aliphatic heterocycles. The predicted octanol–water partition coefficient (Wildman–Crippen LogP) is 2.11. The number of nitrogens with one attached hydrogen (secondary N) is 1. The fourth-order valence-corrected chi connectivity index (χ4v) is 3.24. The first-order chi connectivity index (χ1) is 12.9. The average Bonchev–Trinajstić information content (AvgIpc) is 2.67. The zero-order valence-corrected chi connectivity index (χ0v) is 16.7. The Labute approximate surface area is 165 Å². The Morgan fingerprint density at radius 1 is 1.33 bits per heavy atom. The van der Waals surface area contributed by atoms with Crippen molar-refractivity contribution in [2.45, 2.75) is 57.2 Å². The third-order valence-corrected chi connectivity index (χ3v) is 5.28. The molecule has 1 aromatic carbocycles. The van der Waals surface area contributed by atoms with Crippen molar-refractivity contribution in [3.8, 4) is 5.75 Å². The van der Waals surface area contributed by atoms with Gasteiger partial charge in [-0.05, 0) is 50.3 Å². The number of halogens is 1. The molecule has 0 aliphatic carbocycles. The number of fused-ring (bicyclic) bond motifs is 2. The van der Waals surface area contributed by atoms with Crippen molar-refractivity contribution in [3.05, 3.63) is 29.8 Å². The van der Waals surface area contributed by atoms with E-state index in [4.69, 9.17) is 16.3 Å². The molecule has 1 aromatic rings. The molecule has 0 radical (unpaired) electrons. The van der Waals surface area contributed by atoms with Crippen LogP contribution in [0.2, 0.25) is 0 Å². The maximum atomic E-state index is 12.6. The van der Waals surface area contributed by atoms with Gasteiger partial charge in [-0.15, -0.1) is 11.6 Å². The molecule has 2 N–H and O–H groups in total. The van der Waals surface area contributed by atoms with Crippen molar-refractivity contribution in [1.29, 1.82) is 0 Å². The summed E-state index contributed by atoms with van der Waals surface area (Å²) in [5, 5.41) is 13.1. The van der Waals surface area contributed by atoms with Crippen LogP contribution >= 0.6 is 11.6 Å². The third-order valence-electron chi connectivity index (χ3n) is 4.96. The zero-order valence-electron chi connectivity index (χ0n) is 16.0. The van der Waals surface area contributed by atoms with Crippen molar-refractivity contribution < 1.29 is 19.4 Å². The molecule has 0 spiro atoms. The molecule has 150 valence electrons. The van der Waals surface area contributed by atoms with Gasteiger partial charge in [-0.3, -0.25) is 9.59 Å². The van der Waals surface area contributed by atoms with Gasteiger partial charge in [0.25, 0.3) is 0 Å². The Hall–Kier alpha value is -1.79. The first-order valence-electron chi connectivity index (χ1n) is 9.44. The van der Waals surface area contributed by atoms with Gasteiger partial charge >= 0.3 is 0 Å². The summed E-state index contributed by atoms with van der Waals surface area (Å²) >= 11 is 5.83. The first kappa shape index (κ1) is 21.5. The fraction of sp³-hybridized carbons (Fsp3) is 0.600. The fourth-order valence-electron chi connectivity index (χ4n) is 3.02. The smallest absolute Gasteiger partial charge is 0.242 e. The number of carbonyl (C=O) groups is 2. The molecule has 6 nitrogen and oxygen atoms in total. The van der Waals surface area contributed by atoms with Crippen LogP contribution in [-0.2, 0) is 16.0 Å². The highest BCUT2D eigenvalue weighted by Crippen LogP contribution is 2.17. The molecule has 2 bridgehead atoms. The van der Waals surface area contributed by atoms with Crippen molar-refractivity contribution in [2.75, 3.05) is 19.5 Å². The summed E-state index contributed by atoms with van der Waals surface area (Å²) in [5.41, 5.74) is 0.936. The van der Waals surface area contributed by atoms with Crippen molar-refractivity contribution >= 4 is 23.4 Å². The molecule has 0 unspecified atom stereocenters. The Balaban J connectivity index is 2.23. The molecule has 0 saturated heterocycles. The quantitative estimate of drug-likeness (QED) is 0.750. The van der Waals surface area contributed by atoms with Gasteiger partial charge in [0.05, 0.1) is 24.6 Å². The van der Waals surface area contributed by atoms with E-state index in [0.717, 1.165) is 30.6 Å². The molecule has 2 rings (SSSR count). The zero-order chi connectivity index (χ0) is 19.8. The number of aliphatic hydroxyl groups excluding tert-OH is 1. The lowest BCUT2D eigenvalue weighted by molar-refractivity contribution is -0.139. The highest BCUT2D eigenvalue weighted by atomic mass is 35.5. The molecule has 1 heterocycles. The van der Waals surface area contributed by atoms with Gasteiger partial charge in [0, 0.05) is 13.5 Å². The van der Waals surface area contributed by atoms with Crippen LogP contribution in [0.3, 0.4) is 0 Å². The molecular formula is C20H29ClN2O4. The van der Waals surface area contributed by atoms with Crippen molar-refractivity contribution in [3.63, 3.8) is 0 Å². The number of aliphatic hydroxyl groups is 1. The molecule has 3 atom stereocenters. The number of hydrogen-bond donors (Lipinski definition) is 2. The minimum atomic E-state index is -0.896. The van der Waals surface area contributed by atoms with E-state index in [1.54, 1.807) is 14.0 Å². The van der Waals surface area contributed by atoms with Crippen LogP contribution in [0.5, 0.6) is 5.75 Å². The summed E-state index contributed by atoms with van der Waals surface area (Å²) in [7, 11) is 1.63. The second kappa shape index (κ2) is 10.5. The van der Waals surface area contributed by atoms with Gasteiger partial charge in [0.2, 0.25) is 11.8 Å². The maximum Gasteiger partial charge on any atom is 0.242 e. The second-order valence-corrected chi connectivity index (χ2v) is 7.34. The summed E-state index contributed by atoms with van der Waals surface area (Å²) in [6.07, 6.45) is 2.44. The molecule has 1 aliphatic rings. The second-order valence-electron chi connectivity index (χ2n) is 7.03. The number of hydrogen-bond acceptors (Lipinski definition) is 4. The van der Waals surface area contributed by atoms with E-state index < -0.39 is 18.2 Å². The van der Waals surface area contributed by atoms with Crippen molar-refractivity contribution in [2.24, 2.45) is 0 Å². The van der Waals surface area contributed by atoms with Crippen LogP contribution in [0.25, 0.3) is 0 Å². The number of amides is 2. The monoisotopic (exact) mass is 396 g/mol. The Kier molecular flexibility index (Phi) is 8.38. The summed E-state index contributed by atoms with van der Waals surface area (Å²) < 4.78 is 5.78. The first-order valence-corrected chi connectivity index (χ1v) is 9.97. The maximum absolute atomic E-state index is 12.6. The summed E-state index contributed by atoms with van der Waals surface area (Å²) in [4.78, 5) is 26.4. The van der Waals surface area contributed by atoms with Crippen LogP contribution < -0.4 is 10.1 Å².